The Hall–Kier alpha value is -1.64. The molecule has 1 atom stereocenters. The number of ether oxygens (including phenoxy) is 1. The molecule has 0 aromatic heterocycles. The topological polar surface area (TPSA) is 12.5 Å². The van der Waals surface area contributed by atoms with Crippen LogP contribution in [0.1, 0.15) is 30.4 Å². The second-order valence-corrected chi connectivity index (χ2v) is 6.11. The Bertz CT molecular complexity index is 509. The Labute approximate surface area is 133 Å². The summed E-state index contributed by atoms with van der Waals surface area (Å²) in [5, 5.41) is 0. The summed E-state index contributed by atoms with van der Waals surface area (Å²) in [6, 6.07) is 22.3. The Kier molecular flexibility index (Phi) is 5.25. The number of hydrogen-bond acceptors (Lipinski definition) is 2. The molecule has 1 aliphatic heterocycles. The second-order valence-electron chi connectivity index (χ2n) is 6.11. The lowest BCUT2D eigenvalue weighted by molar-refractivity contribution is 0.0179. The molecule has 0 spiro atoms. The van der Waals surface area contributed by atoms with E-state index in [-0.39, 0.29) is 0 Å². The first-order valence-corrected chi connectivity index (χ1v) is 8.26. The Morgan fingerprint density at radius 2 is 1.36 bits per heavy atom. The van der Waals surface area contributed by atoms with Gasteiger partial charge in [-0.15, -0.1) is 0 Å². The van der Waals surface area contributed by atoms with Crippen LogP contribution in [0.4, 0.5) is 0 Å². The van der Waals surface area contributed by atoms with E-state index in [1.807, 2.05) is 0 Å². The van der Waals surface area contributed by atoms with Crippen molar-refractivity contribution >= 4 is 0 Å². The van der Waals surface area contributed by atoms with Crippen LogP contribution in [0.3, 0.4) is 0 Å². The van der Waals surface area contributed by atoms with Crippen LogP contribution < -0.4 is 0 Å². The van der Waals surface area contributed by atoms with E-state index in [1.165, 1.54) is 11.1 Å². The van der Waals surface area contributed by atoms with E-state index in [4.69, 9.17) is 4.74 Å². The molecule has 2 aromatic rings. The van der Waals surface area contributed by atoms with E-state index >= 15 is 0 Å². The predicted octanol–water partition coefficient (Wildman–Crippen LogP) is 3.93. The Morgan fingerprint density at radius 1 is 0.864 bits per heavy atom. The smallest absolute Gasteiger partial charge is 0.0594 e. The highest BCUT2D eigenvalue weighted by molar-refractivity contribution is 5.32. The third-order valence-corrected chi connectivity index (χ3v) is 4.65. The summed E-state index contributed by atoms with van der Waals surface area (Å²) in [7, 11) is 0. The van der Waals surface area contributed by atoms with Gasteiger partial charge in [-0.2, -0.15) is 0 Å². The first-order valence-electron chi connectivity index (χ1n) is 8.26. The summed E-state index contributed by atoms with van der Waals surface area (Å²) < 4.78 is 5.48. The fraction of sp³-hybridized carbons (Fsp3) is 0.400. The minimum Gasteiger partial charge on any atom is -0.379 e. The van der Waals surface area contributed by atoms with Crippen molar-refractivity contribution in [2.45, 2.75) is 25.3 Å². The Balaban J connectivity index is 1.79. The summed E-state index contributed by atoms with van der Waals surface area (Å²) in [5.74, 6) is 0.459. The molecular weight excluding hydrogens is 270 g/mol. The van der Waals surface area contributed by atoms with Gasteiger partial charge in [0.05, 0.1) is 13.2 Å². The van der Waals surface area contributed by atoms with Gasteiger partial charge in [0.2, 0.25) is 0 Å². The van der Waals surface area contributed by atoms with E-state index in [2.05, 4.69) is 72.5 Å². The lowest BCUT2D eigenvalue weighted by atomic mass is 9.86. The van der Waals surface area contributed by atoms with Crippen molar-refractivity contribution in [2.24, 2.45) is 0 Å². The van der Waals surface area contributed by atoms with Crippen LogP contribution in [0.15, 0.2) is 60.7 Å². The summed E-state index contributed by atoms with van der Waals surface area (Å²) in [6.07, 6.45) is 1.15. The maximum Gasteiger partial charge on any atom is 0.0594 e. The van der Waals surface area contributed by atoms with Gasteiger partial charge in [0.15, 0.2) is 0 Å². The summed E-state index contributed by atoms with van der Waals surface area (Å²) in [4.78, 5) is 2.56. The van der Waals surface area contributed by atoms with Gasteiger partial charge < -0.3 is 4.74 Å². The average molecular weight is 295 g/mol. The van der Waals surface area contributed by atoms with Crippen LogP contribution in [0.5, 0.6) is 0 Å². The standard InChI is InChI=1S/C20H25NO/c1-17(21-12-14-22-15-13-21)16-20(18-8-4-2-5-9-18)19-10-6-3-7-11-19/h2-11,17,20H,12-16H2,1H3/t17-/m1/s1. The lowest BCUT2D eigenvalue weighted by Crippen LogP contribution is -2.42. The highest BCUT2D eigenvalue weighted by Crippen LogP contribution is 2.30. The van der Waals surface area contributed by atoms with Crippen LogP contribution in [0.25, 0.3) is 0 Å². The fourth-order valence-corrected chi connectivity index (χ4v) is 3.34. The van der Waals surface area contributed by atoms with Crippen LogP contribution in [0, 0.1) is 0 Å². The van der Waals surface area contributed by atoms with Crippen molar-refractivity contribution in [1.29, 1.82) is 0 Å². The van der Waals surface area contributed by atoms with E-state index < -0.39 is 0 Å². The average Bonchev–Trinajstić information content (AvgIpc) is 2.62. The maximum atomic E-state index is 5.48. The predicted molar refractivity (Wildman–Crippen MR) is 91.2 cm³/mol. The van der Waals surface area contributed by atoms with Gasteiger partial charge in [-0.1, -0.05) is 60.7 Å². The third kappa shape index (κ3) is 3.76. The second kappa shape index (κ2) is 7.57. The molecule has 0 unspecified atom stereocenters. The molecule has 0 amide bonds. The van der Waals surface area contributed by atoms with E-state index in [0.29, 0.717) is 12.0 Å². The quantitative estimate of drug-likeness (QED) is 0.828. The lowest BCUT2D eigenvalue weighted by Gasteiger charge is -2.34. The SMILES string of the molecule is C[C@H](CC(c1ccccc1)c1ccccc1)N1CCOCC1. The first kappa shape index (κ1) is 15.3. The van der Waals surface area contributed by atoms with Crippen molar-refractivity contribution in [3.63, 3.8) is 0 Å². The third-order valence-electron chi connectivity index (χ3n) is 4.65. The minimum absolute atomic E-state index is 0.459. The molecular formula is C20H25NO. The molecule has 0 bridgehead atoms. The fourth-order valence-electron chi connectivity index (χ4n) is 3.34. The Morgan fingerprint density at radius 3 is 1.86 bits per heavy atom. The van der Waals surface area contributed by atoms with Crippen LogP contribution in [-0.4, -0.2) is 37.2 Å². The summed E-state index contributed by atoms with van der Waals surface area (Å²) in [5.41, 5.74) is 2.82. The molecule has 2 heteroatoms. The van der Waals surface area contributed by atoms with Gasteiger partial charge in [-0.3, -0.25) is 4.90 Å². The van der Waals surface area contributed by atoms with Gasteiger partial charge in [0.25, 0.3) is 0 Å². The van der Waals surface area contributed by atoms with E-state index in [9.17, 15) is 0 Å². The zero-order valence-electron chi connectivity index (χ0n) is 13.3. The number of morpholine rings is 1. The van der Waals surface area contributed by atoms with Gasteiger partial charge in [-0.25, -0.2) is 0 Å². The van der Waals surface area contributed by atoms with Gasteiger partial charge in [0.1, 0.15) is 0 Å². The molecule has 2 nitrogen and oxygen atoms in total. The van der Waals surface area contributed by atoms with Crippen molar-refractivity contribution < 1.29 is 4.74 Å². The minimum atomic E-state index is 0.459. The van der Waals surface area contributed by atoms with Gasteiger partial charge >= 0.3 is 0 Å². The van der Waals surface area contributed by atoms with Crippen molar-refractivity contribution in [2.75, 3.05) is 26.3 Å². The monoisotopic (exact) mass is 295 g/mol. The van der Waals surface area contributed by atoms with E-state index in [1.54, 1.807) is 0 Å². The molecule has 0 aliphatic carbocycles. The first-order chi connectivity index (χ1) is 10.8. The normalized spacial score (nSPS) is 17.5. The van der Waals surface area contributed by atoms with Crippen molar-refractivity contribution in [3.8, 4) is 0 Å². The number of benzene rings is 2. The number of hydrogen-bond donors (Lipinski definition) is 0. The largest absolute Gasteiger partial charge is 0.379 e. The van der Waals surface area contributed by atoms with Crippen molar-refractivity contribution in [1.82, 2.24) is 4.90 Å². The molecule has 1 saturated heterocycles. The van der Waals surface area contributed by atoms with E-state index in [0.717, 1.165) is 32.7 Å². The van der Waals surface area contributed by atoms with Gasteiger partial charge in [0, 0.05) is 25.0 Å². The van der Waals surface area contributed by atoms with Gasteiger partial charge in [-0.05, 0) is 24.5 Å². The summed E-state index contributed by atoms with van der Waals surface area (Å²) in [6.45, 7) is 6.19. The molecule has 3 rings (SSSR count). The van der Waals surface area contributed by atoms with Crippen LogP contribution in [0.2, 0.25) is 0 Å². The number of nitrogens with zero attached hydrogens (tertiary/aromatic N) is 1. The zero-order chi connectivity index (χ0) is 15.2. The molecule has 116 valence electrons. The van der Waals surface area contributed by atoms with Crippen LogP contribution >= 0.6 is 0 Å². The van der Waals surface area contributed by atoms with Crippen LogP contribution in [-0.2, 0) is 4.74 Å². The molecule has 1 aliphatic rings. The highest BCUT2D eigenvalue weighted by Gasteiger charge is 2.22. The number of rotatable bonds is 5. The highest BCUT2D eigenvalue weighted by atomic mass is 16.5. The molecule has 0 radical (unpaired) electrons. The molecule has 0 saturated carbocycles. The molecule has 1 heterocycles. The molecule has 0 N–H and O–H groups in total. The summed E-state index contributed by atoms with van der Waals surface area (Å²) >= 11 is 0. The zero-order valence-corrected chi connectivity index (χ0v) is 13.3. The molecule has 22 heavy (non-hydrogen) atoms. The molecule has 2 aromatic carbocycles. The van der Waals surface area contributed by atoms with Crippen molar-refractivity contribution in [3.05, 3.63) is 71.8 Å². The maximum absolute atomic E-state index is 5.48. The molecule has 1 fully saturated rings.